The number of amides is 1. The number of hydrogen-bond acceptors (Lipinski definition) is 4. The smallest absolute Gasteiger partial charge is 0.404 e. The highest BCUT2D eigenvalue weighted by molar-refractivity contribution is 7.78. The molecule has 0 aliphatic carbocycles. The third-order valence-electron chi connectivity index (χ3n) is 1.88. The number of ether oxygens (including phenoxy) is 1. The molecule has 1 aromatic rings. The van der Waals surface area contributed by atoms with Gasteiger partial charge in [-0.3, -0.25) is 0 Å². The molecule has 0 fully saturated rings. The Morgan fingerprint density at radius 1 is 1.47 bits per heavy atom. The Morgan fingerprint density at radius 2 is 2.18 bits per heavy atom. The van der Waals surface area contributed by atoms with Gasteiger partial charge in [-0.15, -0.1) is 0 Å². The Balaban J connectivity index is 2.27. The van der Waals surface area contributed by atoms with Gasteiger partial charge in [0.2, 0.25) is 0 Å². The third kappa shape index (κ3) is 5.65. The predicted octanol–water partition coefficient (Wildman–Crippen LogP) is 2.46. The Morgan fingerprint density at radius 3 is 2.76 bits per heavy atom. The molecule has 0 bridgehead atoms. The summed E-state index contributed by atoms with van der Waals surface area (Å²) >= 11 is 4.48. The van der Waals surface area contributed by atoms with Crippen LogP contribution in [0, 0.1) is 0 Å². The summed E-state index contributed by atoms with van der Waals surface area (Å²) in [5.74, 6) is 0.712. The molecule has 17 heavy (non-hydrogen) atoms. The minimum absolute atomic E-state index is 0.378. The van der Waals surface area contributed by atoms with Crippen LogP contribution in [0.15, 0.2) is 29.3 Å². The van der Waals surface area contributed by atoms with Crippen molar-refractivity contribution >= 4 is 29.2 Å². The molecule has 5 nitrogen and oxygen atoms in total. The lowest BCUT2D eigenvalue weighted by Crippen LogP contribution is -2.23. The van der Waals surface area contributed by atoms with E-state index in [2.05, 4.69) is 27.7 Å². The van der Waals surface area contributed by atoms with Crippen molar-refractivity contribution in [2.24, 2.45) is 4.99 Å². The first kappa shape index (κ1) is 13.2. The lowest BCUT2D eigenvalue weighted by Gasteiger charge is -2.05. The van der Waals surface area contributed by atoms with Crippen molar-refractivity contribution in [1.82, 2.24) is 5.32 Å². The molecule has 0 saturated heterocycles. The average Bonchev–Trinajstić information content (AvgIpc) is 2.31. The minimum atomic E-state index is -1.02. The van der Waals surface area contributed by atoms with Crippen molar-refractivity contribution in [3.05, 3.63) is 24.3 Å². The quantitative estimate of drug-likeness (QED) is 0.463. The van der Waals surface area contributed by atoms with E-state index in [4.69, 9.17) is 9.84 Å². The minimum Gasteiger partial charge on any atom is -0.494 e. The summed E-state index contributed by atoms with van der Waals surface area (Å²) in [6, 6.07) is 7.08. The molecule has 6 heteroatoms. The number of hydrogen-bond donors (Lipinski definition) is 2. The summed E-state index contributed by atoms with van der Waals surface area (Å²) in [4.78, 5) is 14.0. The van der Waals surface area contributed by atoms with E-state index in [0.717, 1.165) is 5.69 Å². The van der Waals surface area contributed by atoms with Crippen molar-refractivity contribution in [1.29, 1.82) is 0 Å². The summed E-state index contributed by atoms with van der Waals surface area (Å²) < 4.78 is 5.40. The predicted molar refractivity (Wildman–Crippen MR) is 67.3 cm³/mol. The van der Waals surface area contributed by atoms with Gasteiger partial charge in [-0.25, -0.2) is 4.79 Å². The Kier molecular flexibility index (Phi) is 5.71. The zero-order valence-corrected chi connectivity index (χ0v) is 9.87. The molecule has 0 radical (unpaired) electrons. The van der Waals surface area contributed by atoms with E-state index in [0.29, 0.717) is 25.3 Å². The maximum Gasteiger partial charge on any atom is 0.404 e. The SMILES string of the molecule is O=C(O)NCCCOc1ccc(N=C=S)cc1. The Labute approximate surface area is 104 Å². The number of nitrogens with zero attached hydrogens (tertiary/aromatic N) is 1. The number of carboxylic acid groups (broad SMARTS) is 1. The van der Waals surface area contributed by atoms with E-state index >= 15 is 0 Å². The number of aliphatic imine (C=N–C) groups is 1. The van der Waals surface area contributed by atoms with Gasteiger partial charge in [-0.2, -0.15) is 4.99 Å². The summed E-state index contributed by atoms with van der Waals surface area (Å²) in [6.07, 6.45) is -0.404. The van der Waals surface area contributed by atoms with Crippen LogP contribution in [0.2, 0.25) is 0 Å². The summed E-state index contributed by atoms with van der Waals surface area (Å²) in [5, 5.41) is 12.9. The number of carbonyl (C=O) groups is 1. The van der Waals surface area contributed by atoms with Crippen LogP contribution in [0.1, 0.15) is 6.42 Å². The maximum absolute atomic E-state index is 10.2. The fraction of sp³-hybridized carbons (Fsp3) is 0.273. The first-order chi connectivity index (χ1) is 8.22. The molecule has 90 valence electrons. The van der Waals surface area contributed by atoms with Crippen LogP contribution in [-0.4, -0.2) is 29.5 Å². The zero-order valence-electron chi connectivity index (χ0n) is 9.05. The third-order valence-corrected chi connectivity index (χ3v) is 1.97. The average molecular weight is 252 g/mol. The summed E-state index contributed by atoms with van der Waals surface area (Å²) in [7, 11) is 0. The molecule has 0 atom stereocenters. The van der Waals surface area contributed by atoms with Crippen molar-refractivity contribution in [3.63, 3.8) is 0 Å². The van der Waals surface area contributed by atoms with Crippen molar-refractivity contribution in [3.8, 4) is 5.75 Å². The summed E-state index contributed by atoms with van der Waals surface area (Å²) in [6.45, 7) is 0.832. The van der Waals surface area contributed by atoms with Crippen LogP contribution in [0.4, 0.5) is 10.5 Å². The maximum atomic E-state index is 10.2. The van der Waals surface area contributed by atoms with E-state index in [-0.39, 0.29) is 0 Å². The van der Waals surface area contributed by atoms with E-state index in [1.165, 1.54) is 0 Å². The molecule has 0 spiro atoms. The second-order valence-corrected chi connectivity index (χ2v) is 3.31. The van der Waals surface area contributed by atoms with Crippen LogP contribution in [-0.2, 0) is 0 Å². The molecular weight excluding hydrogens is 240 g/mol. The first-order valence-corrected chi connectivity index (χ1v) is 5.41. The van der Waals surface area contributed by atoms with Crippen molar-refractivity contribution in [2.45, 2.75) is 6.42 Å². The van der Waals surface area contributed by atoms with Gasteiger partial charge < -0.3 is 15.2 Å². The highest BCUT2D eigenvalue weighted by Gasteiger charge is 1.96. The molecule has 0 unspecified atom stereocenters. The van der Waals surface area contributed by atoms with E-state index < -0.39 is 6.09 Å². The second kappa shape index (κ2) is 7.38. The number of thiocarbonyl (C=S) groups is 1. The molecule has 1 amide bonds. The lowest BCUT2D eigenvalue weighted by molar-refractivity contribution is 0.193. The Hall–Kier alpha value is -1.91. The molecule has 0 aliphatic rings. The Bertz CT molecular complexity index is 413. The number of rotatable bonds is 6. The van der Waals surface area contributed by atoms with Gasteiger partial charge in [0.1, 0.15) is 5.75 Å². The highest BCUT2D eigenvalue weighted by atomic mass is 32.1. The topological polar surface area (TPSA) is 70.9 Å². The summed E-state index contributed by atoms with van der Waals surface area (Å²) in [5.41, 5.74) is 0.722. The van der Waals surface area contributed by atoms with Gasteiger partial charge in [0, 0.05) is 6.54 Å². The molecule has 1 rings (SSSR count). The number of nitrogens with one attached hydrogen (secondary N) is 1. The molecular formula is C11H12N2O3S. The normalized spacial score (nSPS) is 9.18. The fourth-order valence-corrected chi connectivity index (χ4v) is 1.23. The van der Waals surface area contributed by atoms with Gasteiger partial charge in [-0.05, 0) is 42.9 Å². The van der Waals surface area contributed by atoms with Gasteiger partial charge in [-0.1, -0.05) is 0 Å². The van der Waals surface area contributed by atoms with E-state index in [1.54, 1.807) is 24.3 Å². The largest absolute Gasteiger partial charge is 0.494 e. The van der Waals surface area contributed by atoms with Crippen LogP contribution in [0.5, 0.6) is 5.75 Å². The van der Waals surface area contributed by atoms with Crippen molar-refractivity contribution < 1.29 is 14.6 Å². The van der Waals surface area contributed by atoms with Gasteiger partial charge in [0.25, 0.3) is 0 Å². The highest BCUT2D eigenvalue weighted by Crippen LogP contribution is 2.17. The fourth-order valence-electron chi connectivity index (χ4n) is 1.13. The monoisotopic (exact) mass is 252 g/mol. The number of benzene rings is 1. The van der Waals surface area contributed by atoms with Gasteiger partial charge in [0.15, 0.2) is 0 Å². The molecule has 0 heterocycles. The van der Waals surface area contributed by atoms with Crippen molar-refractivity contribution in [2.75, 3.05) is 13.2 Å². The van der Waals surface area contributed by atoms with Gasteiger partial charge >= 0.3 is 6.09 Å². The molecule has 2 N–H and O–H groups in total. The van der Waals surface area contributed by atoms with E-state index in [1.807, 2.05) is 0 Å². The number of isothiocyanates is 1. The molecule has 1 aromatic carbocycles. The van der Waals surface area contributed by atoms with E-state index in [9.17, 15) is 4.79 Å². The molecule has 0 saturated carbocycles. The van der Waals surface area contributed by atoms with Crippen LogP contribution >= 0.6 is 12.2 Å². The van der Waals surface area contributed by atoms with Crippen LogP contribution in [0.25, 0.3) is 0 Å². The van der Waals surface area contributed by atoms with Crippen LogP contribution in [0.3, 0.4) is 0 Å². The first-order valence-electron chi connectivity index (χ1n) is 5.00. The standard InChI is InChI=1S/C11H12N2O3S/c14-11(15)12-6-1-7-16-10-4-2-9(3-5-10)13-8-17/h2-5,12H,1,6-7H2,(H,14,15). The second-order valence-electron chi connectivity index (χ2n) is 3.13. The molecule has 0 aromatic heterocycles. The molecule has 0 aliphatic heterocycles. The van der Waals surface area contributed by atoms with Gasteiger partial charge in [0.05, 0.1) is 17.5 Å². The lowest BCUT2D eigenvalue weighted by atomic mass is 10.3. The zero-order chi connectivity index (χ0) is 12.5. The van der Waals surface area contributed by atoms with Crippen LogP contribution < -0.4 is 10.1 Å².